The van der Waals surface area contributed by atoms with Crippen molar-refractivity contribution in [1.29, 1.82) is 0 Å². The van der Waals surface area contributed by atoms with Crippen molar-refractivity contribution in [2.24, 2.45) is 0 Å². The quantitative estimate of drug-likeness (QED) is 0.606. The van der Waals surface area contributed by atoms with Crippen LogP contribution in [0.2, 0.25) is 0 Å². The van der Waals surface area contributed by atoms with E-state index in [-0.39, 0.29) is 17.8 Å². The summed E-state index contributed by atoms with van der Waals surface area (Å²) in [6.07, 6.45) is -4.34. The van der Waals surface area contributed by atoms with Gasteiger partial charge in [-0.25, -0.2) is 4.79 Å². The maximum atomic E-state index is 13.1. The number of non-ortho nitro benzene ring substituents is 1. The van der Waals surface area contributed by atoms with E-state index in [9.17, 15) is 28.1 Å². The van der Waals surface area contributed by atoms with E-state index in [1.54, 1.807) is 6.92 Å². The molecule has 2 amide bonds. The number of rotatable bonds is 2. The fraction of sp³-hybridized carbons (Fsp3) is 0.278. The summed E-state index contributed by atoms with van der Waals surface area (Å²) in [7, 11) is 0. The predicted molar refractivity (Wildman–Crippen MR) is 91.9 cm³/mol. The van der Waals surface area contributed by atoms with E-state index in [1.807, 2.05) is 0 Å². The maximum Gasteiger partial charge on any atom is 0.416 e. The molecule has 1 N–H and O–H groups in total. The number of hydrogen-bond acceptors (Lipinski definition) is 4. The van der Waals surface area contributed by atoms with Gasteiger partial charge in [-0.2, -0.15) is 13.2 Å². The van der Waals surface area contributed by atoms with Gasteiger partial charge in [-0.1, -0.05) is 6.07 Å². The summed E-state index contributed by atoms with van der Waals surface area (Å²) < 4.78 is 45.2. The van der Waals surface area contributed by atoms with Crippen LogP contribution in [0.25, 0.3) is 0 Å². The Morgan fingerprint density at radius 1 is 1.29 bits per heavy atom. The van der Waals surface area contributed by atoms with E-state index in [0.29, 0.717) is 11.3 Å². The number of nitrogens with zero attached hydrogens (tertiary/aromatic N) is 2. The van der Waals surface area contributed by atoms with Gasteiger partial charge in [0.2, 0.25) is 0 Å². The Bertz CT molecular complexity index is 994. The number of carbonyl (C=O) groups is 1. The Labute approximate surface area is 156 Å². The molecule has 2 aliphatic rings. The number of nitrogens with one attached hydrogen (secondary N) is 1. The third-order valence-electron chi connectivity index (χ3n) is 4.90. The molecule has 0 spiro atoms. The second-order valence-corrected chi connectivity index (χ2v) is 6.85. The average Bonchev–Trinajstić information content (AvgIpc) is 2.60. The molecule has 0 radical (unpaired) electrons. The molecule has 0 saturated carbocycles. The fourth-order valence-electron chi connectivity index (χ4n) is 3.69. The lowest BCUT2D eigenvalue weighted by Crippen LogP contribution is -2.65. The van der Waals surface area contributed by atoms with E-state index >= 15 is 0 Å². The highest BCUT2D eigenvalue weighted by Gasteiger charge is 2.50. The van der Waals surface area contributed by atoms with Crippen LogP contribution in [0.4, 0.5) is 29.3 Å². The van der Waals surface area contributed by atoms with Gasteiger partial charge in [-0.15, -0.1) is 0 Å². The van der Waals surface area contributed by atoms with Crippen molar-refractivity contribution in [2.45, 2.75) is 31.3 Å². The Morgan fingerprint density at radius 2 is 2.04 bits per heavy atom. The van der Waals surface area contributed by atoms with Crippen LogP contribution in [-0.2, 0) is 6.18 Å². The lowest BCUT2D eigenvalue weighted by Gasteiger charge is -2.50. The molecule has 146 valence electrons. The lowest BCUT2D eigenvalue weighted by molar-refractivity contribution is -0.385. The molecule has 7 nitrogen and oxygen atoms in total. The molecule has 10 heteroatoms. The molecular formula is C18H14F3N3O4. The second kappa shape index (κ2) is 5.85. The summed E-state index contributed by atoms with van der Waals surface area (Å²) in [5, 5.41) is 13.7. The monoisotopic (exact) mass is 393 g/mol. The number of benzene rings is 2. The van der Waals surface area contributed by atoms with Gasteiger partial charge in [0.15, 0.2) is 5.72 Å². The van der Waals surface area contributed by atoms with Crippen molar-refractivity contribution in [3.8, 4) is 5.75 Å². The number of carbonyl (C=O) groups excluding carboxylic acids is 1. The predicted octanol–water partition coefficient (Wildman–Crippen LogP) is 4.38. The van der Waals surface area contributed by atoms with Crippen molar-refractivity contribution >= 4 is 17.4 Å². The minimum absolute atomic E-state index is 0.0404. The molecule has 1 saturated heterocycles. The molecule has 2 aliphatic heterocycles. The summed E-state index contributed by atoms with van der Waals surface area (Å²) in [6, 6.07) is 7.28. The highest BCUT2D eigenvalue weighted by molar-refractivity contribution is 5.95. The number of urea groups is 1. The third-order valence-corrected chi connectivity index (χ3v) is 4.90. The van der Waals surface area contributed by atoms with Crippen molar-refractivity contribution in [1.82, 2.24) is 5.32 Å². The van der Waals surface area contributed by atoms with Gasteiger partial charge in [0.1, 0.15) is 5.75 Å². The number of hydrogen-bond donors (Lipinski definition) is 1. The molecule has 0 aliphatic carbocycles. The second-order valence-electron chi connectivity index (χ2n) is 6.85. The largest absolute Gasteiger partial charge is 0.467 e. The number of alkyl halides is 3. The highest BCUT2D eigenvalue weighted by Crippen LogP contribution is 2.46. The van der Waals surface area contributed by atoms with Gasteiger partial charge in [-0.3, -0.25) is 15.0 Å². The normalized spacial score (nSPS) is 23.5. The number of nitro benzene ring substituents is 1. The van der Waals surface area contributed by atoms with Crippen molar-refractivity contribution < 1.29 is 27.6 Å². The minimum Gasteiger partial charge on any atom is -0.467 e. The third kappa shape index (κ3) is 2.81. The van der Waals surface area contributed by atoms with Crippen LogP contribution >= 0.6 is 0 Å². The summed E-state index contributed by atoms with van der Waals surface area (Å²) in [5.41, 5.74) is -1.77. The van der Waals surface area contributed by atoms with Gasteiger partial charge >= 0.3 is 12.2 Å². The topological polar surface area (TPSA) is 84.7 Å². The number of amides is 2. The zero-order chi connectivity index (χ0) is 20.3. The van der Waals surface area contributed by atoms with Crippen LogP contribution in [0.3, 0.4) is 0 Å². The van der Waals surface area contributed by atoms with Gasteiger partial charge in [-0.05, 0) is 31.2 Å². The first kappa shape index (κ1) is 18.1. The van der Waals surface area contributed by atoms with E-state index in [4.69, 9.17) is 4.74 Å². The molecule has 2 bridgehead atoms. The SMILES string of the molecule is C[C@]12C[C@H](NC(=O)N1c1cccc(C(F)(F)F)c1)c1cc([N+](=O)[O-])ccc1O2. The van der Waals surface area contributed by atoms with Crippen LogP contribution in [0.15, 0.2) is 42.5 Å². The van der Waals surface area contributed by atoms with Crippen molar-refractivity contribution in [2.75, 3.05) is 4.90 Å². The van der Waals surface area contributed by atoms with Gasteiger partial charge in [0.25, 0.3) is 5.69 Å². The zero-order valence-electron chi connectivity index (χ0n) is 14.5. The Balaban J connectivity index is 1.76. The highest BCUT2D eigenvalue weighted by atomic mass is 19.4. The van der Waals surface area contributed by atoms with E-state index in [2.05, 4.69) is 5.32 Å². The summed E-state index contributed by atoms with van der Waals surface area (Å²) in [4.78, 5) is 24.3. The van der Waals surface area contributed by atoms with E-state index in [0.717, 1.165) is 17.0 Å². The Hall–Kier alpha value is -3.30. The standard InChI is InChI=1S/C18H14F3N3O4/c1-17-9-14(13-8-12(24(26)27)5-6-15(13)28-17)22-16(25)23(17)11-4-2-3-10(7-11)18(19,20)21/h2-8,14H,9H2,1H3,(H,22,25)/t14-,17-/m0/s1. The van der Waals surface area contributed by atoms with Gasteiger partial charge < -0.3 is 10.1 Å². The molecule has 2 heterocycles. The molecule has 0 unspecified atom stereocenters. The summed E-state index contributed by atoms with van der Waals surface area (Å²) in [5.74, 6) is 0.335. The van der Waals surface area contributed by atoms with E-state index < -0.39 is 34.5 Å². The number of nitro groups is 1. The molecule has 28 heavy (non-hydrogen) atoms. The first-order valence-electron chi connectivity index (χ1n) is 8.34. The molecular weight excluding hydrogens is 379 g/mol. The van der Waals surface area contributed by atoms with Crippen molar-refractivity contribution in [3.63, 3.8) is 0 Å². The number of ether oxygens (including phenoxy) is 1. The smallest absolute Gasteiger partial charge is 0.416 e. The molecule has 4 rings (SSSR count). The summed E-state index contributed by atoms with van der Waals surface area (Å²) in [6.45, 7) is 1.60. The Morgan fingerprint density at radius 3 is 2.71 bits per heavy atom. The molecule has 0 aromatic heterocycles. The first-order valence-corrected chi connectivity index (χ1v) is 8.34. The van der Waals surface area contributed by atoms with E-state index in [1.165, 1.54) is 30.3 Å². The number of fused-ring (bicyclic) bond motifs is 4. The van der Waals surface area contributed by atoms with Crippen LogP contribution in [0, 0.1) is 10.1 Å². The molecule has 1 fully saturated rings. The van der Waals surface area contributed by atoms with Crippen LogP contribution in [0.1, 0.15) is 30.5 Å². The van der Waals surface area contributed by atoms with Gasteiger partial charge in [0, 0.05) is 24.1 Å². The first-order chi connectivity index (χ1) is 13.1. The molecule has 2 aromatic rings. The Kier molecular flexibility index (Phi) is 3.78. The molecule has 2 aromatic carbocycles. The van der Waals surface area contributed by atoms with Crippen molar-refractivity contribution in [3.05, 3.63) is 63.7 Å². The minimum atomic E-state index is -4.55. The fourth-order valence-corrected chi connectivity index (χ4v) is 3.69. The lowest BCUT2D eigenvalue weighted by atomic mass is 9.89. The number of halogens is 3. The molecule has 2 atom stereocenters. The average molecular weight is 393 g/mol. The zero-order valence-corrected chi connectivity index (χ0v) is 14.5. The van der Waals surface area contributed by atoms with Crippen LogP contribution in [0.5, 0.6) is 5.75 Å². The van der Waals surface area contributed by atoms with Crippen LogP contribution in [-0.4, -0.2) is 16.7 Å². The number of anilines is 1. The maximum absolute atomic E-state index is 13.1. The van der Waals surface area contributed by atoms with Gasteiger partial charge in [0.05, 0.1) is 22.2 Å². The van der Waals surface area contributed by atoms with Crippen LogP contribution < -0.4 is 15.0 Å². The summed E-state index contributed by atoms with van der Waals surface area (Å²) >= 11 is 0.